The van der Waals surface area contributed by atoms with E-state index in [1.165, 1.54) is 16.7 Å². The van der Waals surface area contributed by atoms with E-state index in [0.29, 0.717) is 0 Å². The summed E-state index contributed by atoms with van der Waals surface area (Å²) in [4.78, 5) is 11.0. The minimum absolute atomic E-state index is 0.00713. The molecular weight excluding hydrogens is 188 g/mol. The van der Waals surface area contributed by atoms with Gasteiger partial charge >= 0.3 is 5.97 Å². The highest BCUT2D eigenvalue weighted by Gasteiger charge is 2.61. The van der Waals surface area contributed by atoms with Crippen LogP contribution in [0.2, 0.25) is 0 Å². The molecule has 2 atom stereocenters. The molecule has 1 spiro atoms. The summed E-state index contributed by atoms with van der Waals surface area (Å²) in [6, 6.07) is 6.47. The van der Waals surface area contributed by atoms with Crippen LogP contribution in [-0.2, 0) is 16.6 Å². The Bertz CT molecular complexity index is 450. The van der Waals surface area contributed by atoms with E-state index in [0.717, 1.165) is 19.3 Å². The molecule has 0 bridgehead atoms. The first kappa shape index (κ1) is 8.96. The molecule has 2 aliphatic carbocycles. The second-order valence-corrected chi connectivity index (χ2v) is 4.91. The van der Waals surface area contributed by atoms with Gasteiger partial charge in [0.2, 0.25) is 0 Å². The van der Waals surface area contributed by atoms with E-state index in [1.807, 2.05) is 0 Å². The Kier molecular flexibility index (Phi) is 1.57. The SMILES string of the molecule is Cc1ccc2c(c1)C1(CC2)CC1C(=O)O. The maximum absolute atomic E-state index is 11.0. The van der Waals surface area contributed by atoms with Crippen LogP contribution >= 0.6 is 0 Å². The fraction of sp³-hybridized carbons (Fsp3) is 0.462. The van der Waals surface area contributed by atoms with Gasteiger partial charge < -0.3 is 5.11 Å². The first-order chi connectivity index (χ1) is 7.13. The van der Waals surface area contributed by atoms with Gasteiger partial charge in [0.25, 0.3) is 0 Å². The highest BCUT2D eigenvalue weighted by Crippen LogP contribution is 2.61. The minimum Gasteiger partial charge on any atom is -0.481 e. The largest absolute Gasteiger partial charge is 0.481 e. The van der Waals surface area contributed by atoms with Gasteiger partial charge in [-0.15, -0.1) is 0 Å². The molecule has 2 unspecified atom stereocenters. The molecule has 0 heterocycles. The highest BCUT2D eigenvalue weighted by atomic mass is 16.4. The van der Waals surface area contributed by atoms with Crippen LogP contribution in [0, 0.1) is 12.8 Å². The van der Waals surface area contributed by atoms with Crippen molar-refractivity contribution in [2.24, 2.45) is 5.92 Å². The molecule has 1 aromatic rings. The minimum atomic E-state index is -0.621. The lowest BCUT2D eigenvalue weighted by molar-refractivity contribution is -0.139. The van der Waals surface area contributed by atoms with Crippen LogP contribution in [0.5, 0.6) is 0 Å². The lowest BCUT2D eigenvalue weighted by Gasteiger charge is -2.10. The van der Waals surface area contributed by atoms with E-state index in [-0.39, 0.29) is 11.3 Å². The summed E-state index contributed by atoms with van der Waals surface area (Å²) in [5, 5.41) is 9.07. The van der Waals surface area contributed by atoms with Crippen molar-refractivity contribution in [2.45, 2.75) is 31.6 Å². The topological polar surface area (TPSA) is 37.3 Å². The predicted octanol–water partition coefficient (Wildman–Crippen LogP) is 2.28. The molecule has 1 aromatic carbocycles. The number of hydrogen-bond donors (Lipinski definition) is 1. The lowest BCUT2D eigenvalue weighted by atomic mass is 9.94. The summed E-state index contributed by atoms with van der Waals surface area (Å²) in [5.74, 6) is -0.745. The number of aryl methyl sites for hydroxylation is 2. The molecule has 2 aliphatic rings. The third kappa shape index (κ3) is 1.08. The van der Waals surface area contributed by atoms with Crippen molar-refractivity contribution in [1.82, 2.24) is 0 Å². The predicted molar refractivity (Wildman–Crippen MR) is 56.9 cm³/mol. The summed E-state index contributed by atoms with van der Waals surface area (Å²) >= 11 is 0. The van der Waals surface area contributed by atoms with E-state index >= 15 is 0 Å². The van der Waals surface area contributed by atoms with Crippen molar-refractivity contribution in [1.29, 1.82) is 0 Å². The third-order valence-corrected chi connectivity index (χ3v) is 4.02. The van der Waals surface area contributed by atoms with E-state index in [2.05, 4.69) is 25.1 Å². The molecule has 0 aromatic heterocycles. The summed E-state index contributed by atoms with van der Waals surface area (Å²) in [6.45, 7) is 2.07. The Labute approximate surface area is 88.9 Å². The Hall–Kier alpha value is -1.31. The van der Waals surface area contributed by atoms with Crippen molar-refractivity contribution in [3.05, 3.63) is 34.9 Å². The lowest BCUT2D eigenvalue weighted by Crippen LogP contribution is -2.11. The van der Waals surface area contributed by atoms with Crippen molar-refractivity contribution >= 4 is 5.97 Å². The van der Waals surface area contributed by atoms with Gasteiger partial charge in [0.05, 0.1) is 5.92 Å². The Morgan fingerprint density at radius 2 is 2.33 bits per heavy atom. The van der Waals surface area contributed by atoms with Crippen LogP contribution in [0.25, 0.3) is 0 Å². The number of fused-ring (bicyclic) bond motifs is 2. The van der Waals surface area contributed by atoms with Crippen molar-refractivity contribution in [3.63, 3.8) is 0 Å². The van der Waals surface area contributed by atoms with Crippen LogP contribution < -0.4 is 0 Å². The van der Waals surface area contributed by atoms with Gasteiger partial charge in [0.1, 0.15) is 0 Å². The smallest absolute Gasteiger partial charge is 0.307 e. The van der Waals surface area contributed by atoms with Crippen molar-refractivity contribution in [2.75, 3.05) is 0 Å². The van der Waals surface area contributed by atoms with Crippen molar-refractivity contribution < 1.29 is 9.90 Å². The van der Waals surface area contributed by atoms with Gasteiger partial charge in [0.15, 0.2) is 0 Å². The second kappa shape index (κ2) is 2.63. The zero-order valence-electron chi connectivity index (χ0n) is 8.79. The van der Waals surface area contributed by atoms with Crippen molar-refractivity contribution in [3.8, 4) is 0 Å². The fourth-order valence-corrected chi connectivity index (χ4v) is 3.07. The van der Waals surface area contributed by atoms with Gasteiger partial charge in [-0.1, -0.05) is 23.8 Å². The van der Waals surface area contributed by atoms with E-state index in [1.54, 1.807) is 0 Å². The average molecular weight is 202 g/mol. The van der Waals surface area contributed by atoms with Crippen LogP contribution in [0.1, 0.15) is 29.5 Å². The van der Waals surface area contributed by atoms with E-state index in [4.69, 9.17) is 5.11 Å². The first-order valence-corrected chi connectivity index (χ1v) is 5.46. The number of hydrogen-bond acceptors (Lipinski definition) is 1. The van der Waals surface area contributed by atoms with Gasteiger partial charge in [-0.25, -0.2) is 0 Å². The normalized spacial score (nSPS) is 31.7. The maximum Gasteiger partial charge on any atom is 0.307 e. The molecule has 15 heavy (non-hydrogen) atoms. The molecule has 78 valence electrons. The van der Waals surface area contributed by atoms with Gasteiger partial charge in [0, 0.05) is 5.41 Å². The van der Waals surface area contributed by atoms with Crippen LogP contribution in [0.3, 0.4) is 0 Å². The number of rotatable bonds is 1. The molecule has 1 saturated carbocycles. The molecule has 0 amide bonds. The summed E-state index contributed by atoms with van der Waals surface area (Å²) in [7, 11) is 0. The Balaban J connectivity index is 2.06. The molecule has 2 nitrogen and oxygen atoms in total. The van der Waals surface area contributed by atoms with Crippen LogP contribution in [0.4, 0.5) is 0 Å². The molecule has 1 fully saturated rings. The van der Waals surface area contributed by atoms with Gasteiger partial charge in [-0.05, 0) is 37.3 Å². The van der Waals surface area contributed by atoms with E-state index in [9.17, 15) is 4.79 Å². The summed E-state index contributed by atoms with van der Waals surface area (Å²) in [5.41, 5.74) is 3.93. The fourth-order valence-electron chi connectivity index (χ4n) is 3.07. The number of benzene rings is 1. The number of aliphatic carboxylic acids is 1. The monoisotopic (exact) mass is 202 g/mol. The van der Waals surface area contributed by atoms with Crippen LogP contribution in [0.15, 0.2) is 18.2 Å². The number of carboxylic acid groups (broad SMARTS) is 1. The number of carbonyl (C=O) groups is 1. The van der Waals surface area contributed by atoms with Gasteiger partial charge in [-0.3, -0.25) is 4.79 Å². The molecule has 3 rings (SSSR count). The second-order valence-electron chi connectivity index (χ2n) is 4.91. The summed E-state index contributed by atoms with van der Waals surface area (Å²) < 4.78 is 0. The van der Waals surface area contributed by atoms with Crippen LogP contribution in [-0.4, -0.2) is 11.1 Å². The molecule has 0 saturated heterocycles. The molecule has 2 heteroatoms. The standard InChI is InChI=1S/C13H14O2/c1-8-2-3-9-4-5-13(10(9)6-8)7-11(13)12(14)15/h2-3,6,11H,4-5,7H2,1H3,(H,14,15). The molecule has 1 N–H and O–H groups in total. The molecular formula is C13H14O2. The number of carboxylic acids is 1. The zero-order chi connectivity index (χ0) is 10.6. The quantitative estimate of drug-likeness (QED) is 0.758. The highest BCUT2D eigenvalue weighted by molar-refractivity contribution is 5.78. The third-order valence-electron chi connectivity index (χ3n) is 4.02. The van der Waals surface area contributed by atoms with Gasteiger partial charge in [-0.2, -0.15) is 0 Å². The van der Waals surface area contributed by atoms with E-state index < -0.39 is 5.97 Å². The Morgan fingerprint density at radius 3 is 3.00 bits per heavy atom. The molecule has 0 radical (unpaired) electrons. The Morgan fingerprint density at radius 1 is 1.53 bits per heavy atom. The zero-order valence-corrected chi connectivity index (χ0v) is 8.79. The molecule has 0 aliphatic heterocycles. The first-order valence-electron chi connectivity index (χ1n) is 5.46. The maximum atomic E-state index is 11.0. The summed E-state index contributed by atoms with van der Waals surface area (Å²) in [6.07, 6.45) is 2.93. The average Bonchev–Trinajstić information content (AvgIpc) is 2.81.